The number of thiophene rings is 1. The summed E-state index contributed by atoms with van der Waals surface area (Å²) in [4.78, 5) is 0. The fourth-order valence-electron chi connectivity index (χ4n) is 4.38. The zero-order valence-corrected chi connectivity index (χ0v) is 20.2. The Morgan fingerprint density at radius 2 is 0.875 bits per heavy atom. The summed E-state index contributed by atoms with van der Waals surface area (Å²) in [6, 6.07) is 41.7. The van der Waals surface area contributed by atoms with E-state index in [1.165, 1.54) is 57.1 Å². The summed E-state index contributed by atoms with van der Waals surface area (Å²) in [5, 5.41) is 2.67. The van der Waals surface area contributed by atoms with Crippen molar-refractivity contribution in [2.45, 2.75) is 0 Å². The van der Waals surface area contributed by atoms with Crippen LogP contribution in [0.15, 0.2) is 115 Å². The van der Waals surface area contributed by atoms with Crippen LogP contribution in [0.2, 0.25) is 0 Å². The van der Waals surface area contributed by atoms with Gasteiger partial charge in [0.1, 0.15) is 0 Å². The van der Waals surface area contributed by atoms with Crippen LogP contribution >= 0.6 is 33.9 Å². The Kier molecular flexibility index (Phi) is 5.05. The molecular weight excluding hydrogens is 519 g/mol. The molecule has 0 aliphatic heterocycles. The minimum absolute atomic E-state index is 1.25. The highest BCUT2D eigenvalue weighted by Gasteiger charge is 2.13. The van der Waals surface area contributed by atoms with Crippen molar-refractivity contribution >= 4 is 54.1 Å². The van der Waals surface area contributed by atoms with Crippen LogP contribution in [0.3, 0.4) is 0 Å². The second-order valence-electron chi connectivity index (χ2n) is 7.92. The minimum Gasteiger partial charge on any atom is -0.134 e. The van der Waals surface area contributed by atoms with E-state index in [1.54, 1.807) is 0 Å². The summed E-state index contributed by atoms with van der Waals surface area (Å²) >= 11 is 4.27. The first-order chi connectivity index (χ1) is 15.8. The standard InChI is InChI=1S/C30H19IS/c31-24-18-16-23(17-19-24)26-9-5-11-28-27-10-4-8-25(29(27)32-30(26)28)22-14-12-21(13-15-22)20-6-2-1-3-7-20/h1-19H. The van der Waals surface area contributed by atoms with Crippen LogP contribution < -0.4 is 0 Å². The average molecular weight is 538 g/mol. The van der Waals surface area contributed by atoms with Gasteiger partial charge in [-0.1, -0.05) is 103 Å². The molecule has 0 unspecified atom stereocenters. The average Bonchev–Trinajstić information content (AvgIpc) is 3.24. The van der Waals surface area contributed by atoms with Crippen molar-refractivity contribution in [2.24, 2.45) is 0 Å². The minimum atomic E-state index is 1.25. The molecule has 6 rings (SSSR count). The Morgan fingerprint density at radius 1 is 0.406 bits per heavy atom. The molecule has 1 aromatic heterocycles. The Labute approximate surface area is 205 Å². The zero-order chi connectivity index (χ0) is 21.5. The Morgan fingerprint density at radius 3 is 1.44 bits per heavy atom. The molecule has 0 saturated carbocycles. The fourth-order valence-corrected chi connectivity index (χ4v) is 6.11. The summed E-state index contributed by atoms with van der Waals surface area (Å²) in [7, 11) is 0. The van der Waals surface area contributed by atoms with Gasteiger partial charge in [0.15, 0.2) is 0 Å². The highest BCUT2D eigenvalue weighted by Crippen LogP contribution is 2.43. The molecule has 0 N–H and O–H groups in total. The molecule has 2 heteroatoms. The van der Waals surface area contributed by atoms with E-state index in [9.17, 15) is 0 Å². The lowest BCUT2D eigenvalue weighted by Gasteiger charge is -2.06. The lowest BCUT2D eigenvalue weighted by Crippen LogP contribution is -1.80. The van der Waals surface area contributed by atoms with Gasteiger partial charge in [0.25, 0.3) is 0 Å². The van der Waals surface area contributed by atoms with Crippen LogP contribution in [0, 0.1) is 3.57 Å². The van der Waals surface area contributed by atoms with Crippen LogP contribution in [0.25, 0.3) is 53.6 Å². The highest BCUT2D eigenvalue weighted by molar-refractivity contribution is 14.1. The van der Waals surface area contributed by atoms with Crippen molar-refractivity contribution in [2.75, 3.05) is 0 Å². The molecule has 152 valence electrons. The lowest BCUT2D eigenvalue weighted by molar-refractivity contribution is 1.61. The van der Waals surface area contributed by atoms with Crippen molar-refractivity contribution in [3.63, 3.8) is 0 Å². The first-order valence-corrected chi connectivity index (χ1v) is 12.5. The van der Waals surface area contributed by atoms with Gasteiger partial charge >= 0.3 is 0 Å². The van der Waals surface area contributed by atoms with Crippen LogP contribution in [-0.2, 0) is 0 Å². The van der Waals surface area contributed by atoms with Crippen molar-refractivity contribution in [3.8, 4) is 33.4 Å². The number of rotatable bonds is 3. The quantitative estimate of drug-likeness (QED) is 0.197. The summed E-state index contributed by atoms with van der Waals surface area (Å²) < 4.78 is 3.97. The third-order valence-electron chi connectivity index (χ3n) is 5.98. The van der Waals surface area contributed by atoms with E-state index in [0.717, 1.165) is 0 Å². The molecule has 32 heavy (non-hydrogen) atoms. The van der Waals surface area contributed by atoms with E-state index < -0.39 is 0 Å². The second kappa shape index (κ2) is 8.19. The third kappa shape index (κ3) is 3.44. The molecule has 5 aromatic carbocycles. The van der Waals surface area contributed by atoms with Crippen LogP contribution in [0.4, 0.5) is 0 Å². The van der Waals surface area contributed by atoms with Crippen molar-refractivity contribution in [1.82, 2.24) is 0 Å². The van der Waals surface area contributed by atoms with E-state index in [2.05, 4.69) is 138 Å². The molecule has 0 aliphatic rings. The molecule has 1 heterocycles. The fraction of sp³-hybridized carbons (Fsp3) is 0. The van der Waals surface area contributed by atoms with Gasteiger partial charge < -0.3 is 0 Å². The Hall–Kier alpha value is -2.95. The normalized spacial score (nSPS) is 11.3. The molecule has 6 aromatic rings. The molecule has 0 spiro atoms. The first kappa shape index (κ1) is 19.7. The molecule has 0 aliphatic carbocycles. The van der Waals surface area contributed by atoms with Crippen molar-refractivity contribution < 1.29 is 0 Å². The molecule has 0 bridgehead atoms. The van der Waals surface area contributed by atoms with E-state index in [0.29, 0.717) is 0 Å². The maximum atomic E-state index is 2.36. The topological polar surface area (TPSA) is 0 Å². The van der Waals surface area contributed by atoms with Gasteiger partial charge in [0.2, 0.25) is 0 Å². The first-order valence-electron chi connectivity index (χ1n) is 10.6. The van der Waals surface area contributed by atoms with Gasteiger partial charge in [0.05, 0.1) is 0 Å². The van der Waals surface area contributed by atoms with E-state index in [-0.39, 0.29) is 0 Å². The van der Waals surface area contributed by atoms with Gasteiger partial charge in [-0.15, -0.1) is 11.3 Å². The highest BCUT2D eigenvalue weighted by atomic mass is 127. The predicted molar refractivity (Wildman–Crippen MR) is 148 cm³/mol. The molecule has 0 fully saturated rings. The van der Waals surface area contributed by atoms with Gasteiger partial charge in [-0.25, -0.2) is 0 Å². The molecule has 0 nitrogen and oxygen atoms in total. The monoisotopic (exact) mass is 538 g/mol. The molecular formula is C30H19IS. The maximum absolute atomic E-state index is 2.36. The van der Waals surface area contributed by atoms with E-state index >= 15 is 0 Å². The number of benzene rings is 5. The molecule has 0 atom stereocenters. The van der Waals surface area contributed by atoms with Crippen LogP contribution in [-0.4, -0.2) is 0 Å². The maximum Gasteiger partial charge on any atom is 0.0434 e. The zero-order valence-electron chi connectivity index (χ0n) is 17.3. The summed E-state index contributed by atoms with van der Waals surface area (Å²) in [5.41, 5.74) is 7.65. The number of hydrogen-bond acceptors (Lipinski definition) is 1. The summed E-state index contributed by atoms with van der Waals surface area (Å²) in [6.45, 7) is 0. The van der Waals surface area contributed by atoms with Crippen molar-refractivity contribution in [1.29, 1.82) is 0 Å². The largest absolute Gasteiger partial charge is 0.134 e. The number of fused-ring (bicyclic) bond motifs is 3. The molecule has 0 saturated heterocycles. The second-order valence-corrected chi connectivity index (χ2v) is 10.2. The lowest BCUT2D eigenvalue weighted by atomic mass is 9.98. The number of hydrogen-bond donors (Lipinski definition) is 0. The van der Waals surface area contributed by atoms with E-state index in [4.69, 9.17) is 0 Å². The van der Waals surface area contributed by atoms with Gasteiger partial charge in [-0.2, -0.15) is 0 Å². The van der Waals surface area contributed by atoms with Crippen molar-refractivity contribution in [3.05, 3.63) is 119 Å². The third-order valence-corrected chi connectivity index (χ3v) is 7.99. The Bertz CT molecular complexity index is 1540. The van der Waals surface area contributed by atoms with Crippen LogP contribution in [0.5, 0.6) is 0 Å². The molecule has 0 radical (unpaired) electrons. The Balaban J connectivity index is 1.51. The van der Waals surface area contributed by atoms with E-state index in [1.807, 2.05) is 11.3 Å². The van der Waals surface area contributed by atoms with Gasteiger partial charge in [-0.05, 0) is 68.1 Å². The smallest absolute Gasteiger partial charge is 0.0434 e. The summed E-state index contributed by atoms with van der Waals surface area (Å²) in [6.07, 6.45) is 0. The SMILES string of the molecule is Ic1ccc(-c2cccc3c2sc2c(-c4ccc(-c5ccccc5)cc4)cccc23)cc1. The van der Waals surface area contributed by atoms with Crippen LogP contribution in [0.1, 0.15) is 0 Å². The number of halogens is 1. The predicted octanol–water partition coefficient (Wildman–Crippen LogP) is 9.66. The van der Waals surface area contributed by atoms with Gasteiger partial charge in [-0.3, -0.25) is 0 Å². The van der Waals surface area contributed by atoms with Gasteiger partial charge in [0, 0.05) is 23.7 Å². The summed E-state index contributed by atoms with van der Waals surface area (Å²) in [5.74, 6) is 0. The molecule has 0 amide bonds.